The molecule has 6 heteroatoms. The van der Waals surface area contributed by atoms with Gasteiger partial charge >= 0.3 is 6.09 Å². The molecule has 0 spiro atoms. The summed E-state index contributed by atoms with van der Waals surface area (Å²) < 4.78 is 5.22. The molecule has 1 aromatic heterocycles. The number of ether oxygens (including phenoxy) is 1. The van der Waals surface area contributed by atoms with E-state index in [0.717, 1.165) is 0 Å². The van der Waals surface area contributed by atoms with Gasteiger partial charge in [-0.2, -0.15) is 0 Å². The quantitative estimate of drug-likeness (QED) is 0.803. The molecule has 6 nitrogen and oxygen atoms in total. The number of nitrogens with zero attached hydrogens (tertiary/aromatic N) is 3. The highest BCUT2D eigenvalue weighted by atomic mass is 16.6. The summed E-state index contributed by atoms with van der Waals surface area (Å²) in [5.41, 5.74) is -0.969. The van der Waals surface area contributed by atoms with Crippen LogP contribution in [0.15, 0.2) is 18.7 Å². The molecule has 1 saturated heterocycles. The van der Waals surface area contributed by atoms with Gasteiger partial charge in [0.1, 0.15) is 17.5 Å². The first-order chi connectivity index (χ1) is 8.30. The molecule has 0 unspecified atom stereocenters. The summed E-state index contributed by atoms with van der Waals surface area (Å²) in [4.78, 5) is 20.9. The molecule has 1 fully saturated rings. The lowest BCUT2D eigenvalue weighted by Gasteiger charge is -2.46. The van der Waals surface area contributed by atoms with Gasteiger partial charge in [-0.05, 0) is 20.8 Å². The number of amides is 1. The van der Waals surface area contributed by atoms with Gasteiger partial charge in [-0.3, -0.25) is 0 Å². The third-order valence-electron chi connectivity index (χ3n) is 2.65. The topological polar surface area (TPSA) is 75.5 Å². The monoisotopic (exact) mass is 251 g/mol. The maximum absolute atomic E-state index is 11.7. The van der Waals surface area contributed by atoms with Crippen molar-refractivity contribution < 1.29 is 14.6 Å². The highest BCUT2D eigenvalue weighted by molar-refractivity contribution is 5.69. The van der Waals surface area contributed by atoms with Gasteiger partial charge < -0.3 is 14.7 Å². The molecule has 0 aromatic carbocycles. The Bertz CT molecular complexity index is 436. The fraction of sp³-hybridized carbons (Fsp3) is 0.583. The normalized spacial score (nSPS) is 18.1. The van der Waals surface area contributed by atoms with E-state index in [0.29, 0.717) is 5.56 Å². The molecular weight excluding hydrogens is 234 g/mol. The average molecular weight is 251 g/mol. The van der Waals surface area contributed by atoms with Crippen LogP contribution in [0.25, 0.3) is 0 Å². The zero-order chi connectivity index (χ0) is 13.4. The summed E-state index contributed by atoms with van der Waals surface area (Å²) in [6, 6.07) is 0. The lowest BCUT2D eigenvalue weighted by atomic mass is 9.88. The second kappa shape index (κ2) is 4.20. The van der Waals surface area contributed by atoms with Gasteiger partial charge in [0.05, 0.1) is 13.1 Å². The van der Waals surface area contributed by atoms with Crippen molar-refractivity contribution in [3.05, 3.63) is 24.3 Å². The molecule has 1 aliphatic heterocycles. The number of β-amino-alcohol motifs (C(OH)–C–C–N with tert-alkyl or cyclic N) is 1. The van der Waals surface area contributed by atoms with Gasteiger partial charge in [0.15, 0.2) is 0 Å². The molecule has 0 saturated carbocycles. The average Bonchev–Trinajstić information content (AvgIpc) is 2.23. The van der Waals surface area contributed by atoms with Crippen LogP contribution in [0.5, 0.6) is 0 Å². The van der Waals surface area contributed by atoms with Crippen LogP contribution in [0.4, 0.5) is 4.79 Å². The molecule has 0 bridgehead atoms. The Morgan fingerprint density at radius 3 is 2.44 bits per heavy atom. The van der Waals surface area contributed by atoms with Crippen molar-refractivity contribution in [2.75, 3.05) is 13.1 Å². The van der Waals surface area contributed by atoms with Crippen molar-refractivity contribution in [3.8, 4) is 0 Å². The van der Waals surface area contributed by atoms with Crippen LogP contribution >= 0.6 is 0 Å². The Morgan fingerprint density at radius 1 is 1.39 bits per heavy atom. The van der Waals surface area contributed by atoms with E-state index in [1.165, 1.54) is 11.2 Å². The minimum atomic E-state index is -1.06. The Balaban J connectivity index is 1.96. The molecular formula is C12H17N3O3. The molecule has 1 aromatic rings. The van der Waals surface area contributed by atoms with Crippen molar-refractivity contribution >= 4 is 6.09 Å². The Kier molecular flexibility index (Phi) is 2.98. The van der Waals surface area contributed by atoms with Gasteiger partial charge in [0.2, 0.25) is 0 Å². The summed E-state index contributed by atoms with van der Waals surface area (Å²) in [7, 11) is 0. The van der Waals surface area contributed by atoms with E-state index in [4.69, 9.17) is 4.74 Å². The van der Waals surface area contributed by atoms with Crippen molar-refractivity contribution in [2.24, 2.45) is 0 Å². The molecule has 1 N–H and O–H groups in total. The third kappa shape index (κ3) is 2.59. The molecule has 1 amide bonds. The zero-order valence-corrected chi connectivity index (χ0v) is 10.8. The predicted molar refractivity (Wildman–Crippen MR) is 63.7 cm³/mol. The van der Waals surface area contributed by atoms with Gasteiger partial charge in [0, 0.05) is 18.0 Å². The van der Waals surface area contributed by atoms with Gasteiger partial charge in [0.25, 0.3) is 0 Å². The first-order valence-corrected chi connectivity index (χ1v) is 5.76. The third-order valence-corrected chi connectivity index (χ3v) is 2.65. The van der Waals surface area contributed by atoms with Crippen LogP contribution in [-0.2, 0) is 10.3 Å². The number of aliphatic hydroxyl groups is 1. The second-order valence-electron chi connectivity index (χ2n) is 5.50. The molecule has 2 rings (SSSR count). The van der Waals surface area contributed by atoms with E-state index in [2.05, 4.69) is 9.97 Å². The lowest BCUT2D eigenvalue weighted by molar-refractivity contribution is -0.104. The fourth-order valence-corrected chi connectivity index (χ4v) is 1.76. The minimum absolute atomic E-state index is 0.204. The summed E-state index contributed by atoms with van der Waals surface area (Å²) in [6.07, 6.45) is 4.10. The smallest absolute Gasteiger partial charge is 0.410 e. The number of carbonyl (C=O) groups excluding carboxylic acids is 1. The number of aromatic nitrogens is 2. The second-order valence-corrected chi connectivity index (χ2v) is 5.50. The van der Waals surface area contributed by atoms with Crippen molar-refractivity contribution in [1.29, 1.82) is 0 Å². The summed E-state index contributed by atoms with van der Waals surface area (Å²) in [5.74, 6) is 0. The summed E-state index contributed by atoms with van der Waals surface area (Å²) in [6.45, 7) is 5.83. The van der Waals surface area contributed by atoms with E-state index >= 15 is 0 Å². The lowest BCUT2D eigenvalue weighted by Crippen LogP contribution is -2.62. The summed E-state index contributed by atoms with van der Waals surface area (Å²) >= 11 is 0. The first kappa shape index (κ1) is 12.8. The Morgan fingerprint density at radius 2 is 1.94 bits per heavy atom. The molecule has 18 heavy (non-hydrogen) atoms. The molecule has 0 aliphatic carbocycles. The maximum Gasteiger partial charge on any atom is 0.410 e. The van der Waals surface area contributed by atoms with E-state index < -0.39 is 17.3 Å². The molecule has 0 radical (unpaired) electrons. The van der Waals surface area contributed by atoms with Crippen molar-refractivity contribution in [3.63, 3.8) is 0 Å². The molecule has 98 valence electrons. The Hall–Kier alpha value is -1.69. The van der Waals surface area contributed by atoms with Crippen molar-refractivity contribution in [2.45, 2.75) is 32.0 Å². The van der Waals surface area contributed by atoms with Crippen LogP contribution in [-0.4, -0.2) is 44.8 Å². The summed E-state index contributed by atoms with van der Waals surface area (Å²) in [5, 5.41) is 10.3. The van der Waals surface area contributed by atoms with Gasteiger partial charge in [-0.1, -0.05) is 0 Å². The molecule has 0 atom stereocenters. The van der Waals surface area contributed by atoms with Crippen molar-refractivity contribution in [1.82, 2.24) is 14.9 Å². The predicted octanol–water partition coefficient (Wildman–Crippen LogP) is 0.915. The largest absolute Gasteiger partial charge is 0.444 e. The van der Waals surface area contributed by atoms with Crippen LogP contribution in [0, 0.1) is 0 Å². The minimum Gasteiger partial charge on any atom is -0.444 e. The maximum atomic E-state index is 11.7. The van der Waals surface area contributed by atoms with Gasteiger partial charge in [-0.25, -0.2) is 14.8 Å². The molecule has 2 heterocycles. The number of hydrogen-bond donors (Lipinski definition) is 1. The first-order valence-electron chi connectivity index (χ1n) is 5.76. The van der Waals surface area contributed by atoms with E-state index in [1.807, 2.05) is 20.8 Å². The van der Waals surface area contributed by atoms with E-state index in [-0.39, 0.29) is 13.1 Å². The number of hydrogen-bond acceptors (Lipinski definition) is 5. The van der Waals surface area contributed by atoms with Gasteiger partial charge in [-0.15, -0.1) is 0 Å². The van der Waals surface area contributed by atoms with Crippen LogP contribution in [0.3, 0.4) is 0 Å². The van der Waals surface area contributed by atoms with E-state index in [1.54, 1.807) is 12.4 Å². The Labute approximate surface area is 106 Å². The van der Waals surface area contributed by atoms with Crippen LogP contribution < -0.4 is 0 Å². The SMILES string of the molecule is CC(C)(C)OC(=O)N1CC(O)(c2cncnc2)C1. The van der Waals surface area contributed by atoms with E-state index in [9.17, 15) is 9.90 Å². The van der Waals surface area contributed by atoms with Crippen LogP contribution in [0.1, 0.15) is 26.3 Å². The highest BCUT2D eigenvalue weighted by Gasteiger charge is 2.46. The highest BCUT2D eigenvalue weighted by Crippen LogP contribution is 2.31. The number of rotatable bonds is 1. The van der Waals surface area contributed by atoms with Crippen LogP contribution in [0.2, 0.25) is 0 Å². The fourth-order valence-electron chi connectivity index (χ4n) is 1.76. The molecule has 1 aliphatic rings. The standard InChI is InChI=1S/C12H17N3O3/c1-11(2,3)18-10(16)15-6-12(17,7-15)9-4-13-8-14-5-9/h4-5,8,17H,6-7H2,1-3H3. The number of carbonyl (C=O) groups is 1. The number of likely N-dealkylation sites (tertiary alicyclic amines) is 1. The zero-order valence-electron chi connectivity index (χ0n) is 10.8.